The van der Waals surface area contributed by atoms with Crippen molar-refractivity contribution >= 4 is 15.9 Å². The van der Waals surface area contributed by atoms with Crippen molar-refractivity contribution in [2.24, 2.45) is 0 Å². The molecule has 21 heavy (non-hydrogen) atoms. The van der Waals surface area contributed by atoms with Crippen LogP contribution in [-0.4, -0.2) is 13.2 Å². The zero-order valence-electron chi connectivity index (χ0n) is 12.4. The van der Waals surface area contributed by atoms with E-state index in [9.17, 15) is 0 Å². The molecular formula is C18H20BrNO. The Hall–Kier alpha value is -1.32. The monoisotopic (exact) mass is 345 g/mol. The maximum atomic E-state index is 5.62. The molecule has 1 N–H and O–H groups in total. The first-order valence-corrected chi connectivity index (χ1v) is 8.23. The smallest absolute Gasteiger partial charge is 0.119 e. The molecular weight excluding hydrogens is 326 g/mol. The molecule has 0 radical (unpaired) electrons. The lowest BCUT2D eigenvalue weighted by Gasteiger charge is -2.28. The molecule has 0 amide bonds. The summed E-state index contributed by atoms with van der Waals surface area (Å²) in [6.45, 7) is 5.87. The lowest BCUT2D eigenvalue weighted by molar-refractivity contribution is 0.339. The van der Waals surface area contributed by atoms with E-state index in [0.717, 1.165) is 23.2 Å². The summed E-state index contributed by atoms with van der Waals surface area (Å²) in [5.41, 5.74) is 5.34. The van der Waals surface area contributed by atoms with Gasteiger partial charge in [0.1, 0.15) is 5.75 Å². The molecule has 0 saturated heterocycles. The van der Waals surface area contributed by atoms with Gasteiger partial charge in [-0.2, -0.15) is 0 Å². The van der Waals surface area contributed by atoms with Gasteiger partial charge in [-0.05, 0) is 66.8 Å². The van der Waals surface area contributed by atoms with Gasteiger partial charge in [0.2, 0.25) is 0 Å². The van der Waals surface area contributed by atoms with Crippen LogP contribution in [0.5, 0.6) is 5.75 Å². The summed E-state index contributed by atoms with van der Waals surface area (Å²) in [7, 11) is 0. The van der Waals surface area contributed by atoms with E-state index < -0.39 is 0 Å². The van der Waals surface area contributed by atoms with Crippen LogP contribution in [0.2, 0.25) is 0 Å². The van der Waals surface area contributed by atoms with Gasteiger partial charge < -0.3 is 10.1 Å². The van der Waals surface area contributed by atoms with Gasteiger partial charge in [-0.1, -0.05) is 28.1 Å². The number of benzene rings is 2. The predicted octanol–water partition coefficient (Wildman–Crippen LogP) is 4.39. The Balaban J connectivity index is 2.00. The first kappa shape index (κ1) is 14.6. The van der Waals surface area contributed by atoms with Crippen LogP contribution in [-0.2, 0) is 6.42 Å². The van der Waals surface area contributed by atoms with Gasteiger partial charge in [-0.3, -0.25) is 0 Å². The van der Waals surface area contributed by atoms with Gasteiger partial charge in [0, 0.05) is 11.0 Å². The summed E-state index contributed by atoms with van der Waals surface area (Å²) < 4.78 is 6.76. The van der Waals surface area contributed by atoms with E-state index in [1.807, 2.05) is 6.92 Å². The van der Waals surface area contributed by atoms with Gasteiger partial charge in [0.05, 0.1) is 12.6 Å². The second-order valence-corrected chi connectivity index (χ2v) is 6.41. The molecule has 3 heteroatoms. The van der Waals surface area contributed by atoms with Gasteiger partial charge in [-0.15, -0.1) is 0 Å². The Labute approximate surface area is 134 Å². The Morgan fingerprint density at radius 2 is 2.10 bits per heavy atom. The Morgan fingerprint density at radius 3 is 2.86 bits per heavy atom. The fourth-order valence-electron chi connectivity index (χ4n) is 3.03. The fraction of sp³-hybridized carbons (Fsp3) is 0.333. The standard InChI is InChI=1S/C18H20BrNO/c1-3-21-16-4-5-17-13(11-16)6-7-20-18(17)14-8-12(2)9-15(19)10-14/h4-5,8-11,18,20H,3,6-7H2,1-2H3. The molecule has 0 bridgehead atoms. The molecule has 2 aromatic rings. The summed E-state index contributed by atoms with van der Waals surface area (Å²) >= 11 is 3.60. The van der Waals surface area contributed by atoms with Crippen molar-refractivity contribution in [3.05, 3.63) is 63.1 Å². The Bertz CT molecular complexity index is 633. The lowest BCUT2D eigenvalue weighted by atomic mass is 9.89. The van der Waals surface area contributed by atoms with Crippen LogP contribution in [0.4, 0.5) is 0 Å². The minimum atomic E-state index is 0.264. The van der Waals surface area contributed by atoms with E-state index in [0.29, 0.717) is 6.61 Å². The van der Waals surface area contributed by atoms with E-state index in [4.69, 9.17) is 4.74 Å². The number of hydrogen-bond acceptors (Lipinski definition) is 2. The maximum absolute atomic E-state index is 5.62. The quantitative estimate of drug-likeness (QED) is 0.890. The van der Waals surface area contributed by atoms with Crippen molar-refractivity contribution in [2.75, 3.05) is 13.2 Å². The molecule has 0 aliphatic carbocycles. The van der Waals surface area contributed by atoms with E-state index >= 15 is 0 Å². The average molecular weight is 346 g/mol. The molecule has 0 saturated carbocycles. The first-order chi connectivity index (χ1) is 10.2. The largest absolute Gasteiger partial charge is 0.494 e. The normalized spacial score (nSPS) is 17.4. The molecule has 2 nitrogen and oxygen atoms in total. The summed E-state index contributed by atoms with van der Waals surface area (Å²) in [5, 5.41) is 3.64. The molecule has 110 valence electrons. The zero-order chi connectivity index (χ0) is 14.8. The van der Waals surface area contributed by atoms with E-state index in [1.165, 1.54) is 22.3 Å². The second-order valence-electron chi connectivity index (χ2n) is 5.49. The van der Waals surface area contributed by atoms with E-state index in [2.05, 4.69) is 64.6 Å². The van der Waals surface area contributed by atoms with Crippen molar-refractivity contribution in [2.45, 2.75) is 26.3 Å². The number of fused-ring (bicyclic) bond motifs is 1. The summed E-state index contributed by atoms with van der Waals surface area (Å²) in [5.74, 6) is 0.974. The zero-order valence-corrected chi connectivity index (χ0v) is 14.0. The molecule has 0 spiro atoms. The number of rotatable bonds is 3. The van der Waals surface area contributed by atoms with Gasteiger partial charge in [0.15, 0.2) is 0 Å². The molecule has 1 aliphatic rings. The predicted molar refractivity (Wildman–Crippen MR) is 90.0 cm³/mol. The molecule has 0 fully saturated rings. The summed E-state index contributed by atoms with van der Waals surface area (Å²) in [6, 6.07) is 13.3. The third-order valence-corrected chi connectivity index (χ3v) is 4.33. The van der Waals surface area contributed by atoms with Gasteiger partial charge in [-0.25, -0.2) is 0 Å². The number of nitrogens with one attached hydrogen (secondary N) is 1. The highest BCUT2D eigenvalue weighted by atomic mass is 79.9. The lowest BCUT2D eigenvalue weighted by Crippen LogP contribution is -2.30. The average Bonchev–Trinajstić information content (AvgIpc) is 2.45. The molecule has 0 aromatic heterocycles. The van der Waals surface area contributed by atoms with Crippen LogP contribution in [0.25, 0.3) is 0 Å². The third-order valence-electron chi connectivity index (χ3n) is 3.88. The number of ether oxygens (including phenoxy) is 1. The highest BCUT2D eigenvalue weighted by Crippen LogP contribution is 2.32. The molecule has 1 aliphatic heterocycles. The summed E-state index contributed by atoms with van der Waals surface area (Å²) in [4.78, 5) is 0. The number of halogens is 1. The highest BCUT2D eigenvalue weighted by Gasteiger charge is 2.22. The molecule has 1 heterocycles. The van der Waals surface area contributed by atoms with Gasteiger partial charge >= 0.3 is 0 Å². The van der Waals surface area contributed by atoms with Crippen molar-refractivity contribution in [3.8, 4) is 5.75 Å². The van der Waals surface area contributed by atoms with E-state index in [-0.39, 0.29) is 6.04 Å². The van der Waals surface area contributed by atoms with Crippen molar-refractivity contribution in [1.82, 2.24) is 5.32 Å². The second kappa shape index (κ2) is 6.20. The van der Waals surface area contributed by atoms with Crippen LogP contribution in [0, 0.1) is 6.92 Å². The molecule has 3 rings (SSSR count). The SMILES string of the molecule is CCOc1ccc2c(c1)CCNC2c1cc(C)cc(Br)c1. The molecule has 1 unspecified atom stereocenters. The summed E-state index contributed by atoms with van der Waals surface area (Å²) in [6.07, 6.45) is 1.06. The van der Waals surface area contributed by atoms with Crippen LogP contribution >= 0.6 is 15.9 Å². The number of hydrogen-bond donors (Lipinski definition) is 1. The van der Waals surface area contributed by atoms with Crippen LogP contribution in [0.3, 0.4) is 0 Å². The van der Waals surface area contributed by atoms with Crippen LogP contribution in [0.1, 0.15) is 35.2 Å². The van der Waals surface area contributed by atoms with Crippen molar-refractivity contribution in [1.29, 1.82) is 0 Å². The third kappa shape index (κ3) is 3.14. The van der Waals surface area contributed by atoms with Crippen LogP contribution < -0.4 is 10.1 Å². The van der Waals surface area contributed by atoms with Crippen molar-refractivity contribution < 1.29 is 4.74 Å². The Kier molecular flexibility index (Phi) is 4.32. The highest BCUT2D eigenvalue weighted by molar-refractivity contribution is 9.10. The maximum Gasteiger partial charge on any atom is 0.119 e. The topological polar surface area (TPSA) is 21.3 Å². The van der Waals surface area contributed by atoms with E-state index in [1.54, 1.807) is 0 Å². The van der Waals surface area contributed by atoms with Crippen molar-refractivity contribution in [3.63, 3.8) is 0 Å². The minimum Gasteiger partial charge on any atom is -0.494 e. The Morgan fingerprint density at radius 1 is 1.24 bits per heavy atom. The fourth-order valence-corrected chi connectivity index (χ4v) is 3.65. The first-order valence-electron chi connectivity index (χ1n) is 7.43. The molecule has 2 aromatic carbocycles. The van der Waals surface area contributed by atoms with Gasteiger partial charge in [0.25, 0.3) is 0 Å². The van der Waals surface area contributed by atoms with Crippen LogP contribution in [0.15, 0.2) is 40.9 Å². The number of aryl methyl sites for hydroxylation is 1. The minimum absolute atomic E-state index is 0.264. The molecule has 1 atom stereocenters.